The fourth-order valence-electron chi connectivity index (χ4n) is 1.29. The van der Waals surface area contributed by atoms with E-state index in [1.165, 1.54) is 12.8 Å². The van der Waals surface area contributed by atoms with E-state index < -0.39 is 4.84 Å². The van der Waals surface area contributed by atoms with Crippen LogP contribution in [0.1, 0.15) is 39.5 Å². The second-order valence-electron chi connectivity index (χ2n) is 3.28. The van der Waals surface area contributed by atoms with Crippen LogP contribution in [0.25, 0.3) is 0 Å². The minimum Gasteiger partial charge on any atom is -0.341 e. The molecule has 0 fully saturated rings. The maximum Gasteiger partial charge on any atom is 0.255 e. The van der Waals surface area contributed by atoms with E-state index >= 15 is 0 Å². The van der Waals surface area contributed by atoms with Crippen molar-refractivity contribution in [1.82, 2.24) is 4.90 Å². The zero-order valence-corrected chi connectivity index (χ0v) is 10.4. The Kier molecular flexibility index (Phi) is 8.40. The Hall–Kier alpha value is 0.0500. The number of hydrogen-bond acceptors (Lipinski definition) is 1. The van der Waals surface area contributed by atoms with Gasteiger partial charge in [-0.2, -0.15) is 0 Å². The zero-order valence-electron chi connectivity index (χ0n) is 8.93. The summed E-state index contributed by atoms with van der Waals surface area (Å²) in [7, 11) is 0. The Morgan fingerprint density at radius 1 is 1.21 bits per heavy atom. The van der Waals surface area contributed by atoms with Crippen LogP contribution in [0.15, 0.2) is 0 Å². The minimum absolute atomic E-state index is 0.174. The number of alkyl halides is 2. The highest BCUT2D eigenvalue weighted by molar-refractivity contribution is 6.53. The van der Waals surface area contributed by atoms with Crippen molar-refractivity contribution in [2.75, 3.05) is 13.1 Å². The highest BCUT2D eigenvalue weighted by Crippen LogP contribution is 2.08. The molecule has 0 heterocycles. The molecule has 1 amide bonds. The van der Waals surface area contributed by atoms with E-state index in [0.717, 1.165) is 19.4 Å². The van der Waals surface area contributed by atoms with Crippen molar-refractivity contribution in [3.63, 3.8) is 0 Å². The molecule has 0 aliphatic heterocycles. The van der Waals surface area contributed by atoms with Crippen LogP contribution in [0, 0.1) is 0 Å². The number of carbonyl (C=O) groups excluding carboxylic acids is 1. The van der Waals surface area contributed by atoms with Crippen LogP contribution in [0.4, 0.5) is 0 Å². The Bertz CT molecular complexity index is 162. The summed E-state index contributed by atoms with van der Waals surface area (Å²) in [6.45, 7) is 5.55. The van der Waals surface area contributed by atoms with Gasteiger partial charge in [-0.1, -0.05) is 49.4 Å². The molecule has 0 saturated carbocycles. The van der Waals surface area contributed by atoms with E-state index in [1.807, 2.05) is 6.92 Å². The van der Waals surface area contributed by atoms with Crippen molar-refractivity contribution in [2.45, 2.75) is 44.4 Å². The second-order valence-corrected chi connectivity index (χ2v) is 4.38. The fourth-order valence-corrected chi connectivity index (χ4v) is 1.57. The third kappa shape index (κ3) is 5.71. The Balaban J connectivity index is 3.73. The average molecular weight is 240 g/mol. The van der Waals surface area contributed by atoms with E-state index in [4.69, 9.17) is 23.2 Å². The molecule has 4 heteroatoms. The molecule has 0 aromatic heterocycles. The topological polar surface area (TPSA) is 20.3 Å². The van der Waals surface area contributed by atoms with Crippen LogP contribution >= 0.6 is 23.2 Å². The van der Waals surface area contributed by atoms with Crippen molar-refractivity contribution in [1.29, 1.82) is 0 Å². The molecule has 0 rings (SSSR count). The van der Waals surface area contributed by atoms with E-state index in [-0.39, 0.29) is 5.91 Å². The predicted molar refractivity (Wildman–Crippen MR) is 61.9 cm³/mol. The highest BCUT2D eigenvalue weighted by atomic mass is 35.5. The molecular formula is C10H19Cl2NO. The summed E-state index contributed by atoms with van der Waals surface area (Å²) in [5.74, 6) is -0.174. The van der Waals surface area contributed by atoms with Crippen LogP contribution < -0.4 is 0 Å². The number of amides is 1. The number of unbranched alkanes of at least 4 members (excludes halogenated alkanes) is 3. The Morgan fingerprint density at radius 2 is 1.86 bits per heavy atom. The maximum atomic E-state index is 11.4. The third-order valence-electron chi connectivity index (χ3n) is 2.16. The van der Waals surface area contributed by atoms with Crippen molar-refractivity contribution < 1.29 is 4.79 Å². The summed E-state index contributed by atoms with van der Waals surface area (Å²) in [5.41, 5.74) is 0. The quantitative estimate of drug-likeness (QED) is 0.494. The summed E-state index contributed by atoms with van der Waals surface area (Å²) >= 11 is 11.0. The molecular weight excluding hydrogens is 221 g/mol. The highest BCUT2D eigenvalue weighted by Gasteiger charge is 2.17. The van der Waals surface area contributed by atoms with Gasteiger partial charge in [0.1, 0.15) is 0 Å². The first-order valence-electron chi connectivity index (χ1n) is 5.20. The lowest BCUT2D eigenvalue weighted by Gasteiger charge is -2.21. The first-order valence-corrected chi connectivity index (χ1v) is 6.07. The molecule has 14 heavy (non-hydrogen) atoms. The summed E-state index contributed by atoms with van der Waals surface area (Å²) in [6.07, 6.45) is 4.62. The predicted octanol–water partition coefficient (Wildman–Crippen LogP) is 3.22. The lowest BCUT2D eigenvalue weighted by atomic mass is 10.2. The standard InChI is InChI=1S/C10H19Cl2NO/c1-3-5-6-7-8-13(4-2)10(14)9(11)12/h9H,3-8H2,1-2H3. The van der Waals surface area contributed by atoms with E-state index in [9.17, 15) is 4.79 Å². The van der Waals surface area contributed by atoms with Crippen molar-refractivity contribution >= 4 is 29.1 Å². The van der Waals surface area contributed by atoms with Gasteiger partial charge in [-0.15, -0.1) is 0 Å². The average Bonchev–Trinajstić information content (AvgIpc) is 2.17. The van der Waals surface area contributed by atoms with Crippen LogP contribution in [0.2, 0.25) is 0 Å². The smallest absolute Gasteiger partial charge is 0.255 e. The van der Waals surface area contributed by atoms with Crippen molar-refractivity contribution in [2.24, 2.45) is 0 Å². The molecule has 0 aliphatic rings. The van der Waals surface area contributed by atoms with Gasteiger partial charge in [0.2, 0.25) is 0 Å². The lowest BCUT2D eigenvalue weighted by Crippen LogP contribution is -2.35. The van der Waals surface area contributed by atoms with Crippen molar-refractivity contribution in [3.05, 3.63) is 0 Å². The largest absolute Gasteiger partial charge is 0.341 e. The molecule has 84 valence electrons. The molecule has 0 bridgehead atoms. The molecule has 0 saturated heterocycles. The zero-order chi connectivity index (χ0) is 11.0. The number of halogens is 2. The Labute approximate surface area is 96.6 Å². The van der Waals surface area contributed by atoms with Crippen LogP contribution in [0.5, 0.6) is 0 Å². The third-order valence-corrected chi connectivity index (χ3v) is 2.54. The minimum atomic E-state index is -0.916. The molecule has 0 aromatic carbocycles. The van der Waals surface area contributed by atoms with Gasteiger partial charge < -0.3 is 4.90 Å². The summed E-state index contributed by atoms with van der Waals surface area (Å²) in [4.78, 5) is 12.2. The normalized spacial score (nSPS) is 10.6. The van der Waals surface area contributed by atoms with Crippen molar-refractivity contribution in [3.8, 4) is 0 Å². The summed E-state index contributed by atoms with van der Waals surface area (Å²) in [5, 5.41) is 0. The molecule has 0 aliphatic carbocycles. The SMILES string of the molecule is CCCCCCN(CC)C(=O)C(Cl)Cl. The Morgan fingerprint density at radius 3 is 2.29 bits per heavy atom. The molecule has 0 unspecified atom stereocenters. The molecule has 0 atom stereocenters. The van der Waals surface area contributed by atoms with Crippen LogP contribution in [-0.2, 0) is 4.79 Å². The van der Waals surface area contributed by atoms with Gasteiger partial charge in [-0.3, -0.25) is 4.79 Å². The van der Waals surface area contributed by atoms with Gasteiger partial charge in [0.05, 0.1) is 0 Å². The lowest BCUT2D eigenvalue weighted by molar-refractivity contribution is -0.129. The molecule has 0 radical (unpaired) electrons. The van der Waals surface area contributed by atoms with Gasteiger partial charge in [-0.05, 0) is 13.3 Å². The number of carbonyl (C=O) groups is 1. The maximum absolute atomic E-state index is 11.4. The summed E-state index contributed by atoms with van der Waals surface area (Å²) in [6, 6.07) is 0. The van der Waals surface area contributed by atoms with Gasteiger partial charge in [0.15, 0.2) is 4.84 Å². The molecule has 0 spiro atoms. The van der Waals surface area contributed by atoms with Gasteiger partial charge in [-0.25, -0.2) is 0 Å². The second kappa shape index (κ2) is 8.37. The number of hydrogen-bond donors (Lipinski definition) is 0. The summed E-state index contributed by atoms with van der Waals surface area (Å²) < 4.78 is 0. The number of nitrogens with zero attached hydrogens (tertiary/aromatic N) is 1. The van der Waals surface area contributed by atoms with Crippen LogP contribution in [-0.4, -0.2) is 28.7 Å². The first-order chi connectivity index (χ1) is 6.63. The van der Waals surface area contributed by atoms with Crippen LogP contribution in [0.3, 0.4) is 0 Å². The molecule has 0 aromatic rings. The molecule has 2 nitrogen and oxygen atoms in total. The van der Waals surface area contributed by atoms with Gasteiger partial charge in [0, 0.05) is 13.1 Å². The van der Waals surface area contributed by atoms with E-state index in [1.54, 1.807) is 4.90 Å². The monoisotopic (exact) mass is 239 g/mol. The van der Waals surface area contributed by atoms with E-state index in [2.05, 4.69) is 6.92 Å². The molecule has 0 N–H and O–H groups in total. The van der Waals surface area contributed by atoms with E-state index in [0.29, 0.717) is 6.54 Å². The number of rotatable bonds is 7. The van der Waals surface area contributed by atoms with Gasteiger partial charge in [0.25, 0.3) is 5.91 Å². The van der Waals surface area contributed by atoms with Gasteiger partial charge >= 0.3 is 0 Å². The first kappa shape index (κ1) is 14.1. The fraction of sp³-hybridized carbons (Fsp3) is 0.900.